The molecular formula is C16H21N5OS. The zero-order valence-corrected chi connectivity index (χ0v) is 14.5. The van der Waals surface area contributed by atoms with Crippen LogP contribution in [0.1, 0.15) is 26.3 Å². The number of aromatic nitrogens is 4. The number of hydrogen-bond donors (Lipinski definition) is 0. The van der Waals surface area contributed by atoms with Crippen LogP contribution in [0.3, 0.4) is 0 Å². The van der Waals surface area contributed by atoms with Crippen molar-refractivity contribution in [2.75, 3.05) is 11.4 Å². The summed E-state index contributed by atoms with van der Waals surface area (Å²) in [7, 11) is 0. The van der Waals surface area contributed by atoms with E-state index in [0.29, 0.717) is 11.1 Å². The quantitative estimate of drug-likeness (QED) is 0.787. The molecule has 1 aromatic carbocycles. The lowest BCUT2D eigenvalue weighted by atomic mass is 10.2. The maximum Gasteiger partial charge on any atom is 0.240 e. The van der Waals surface area contributed by atoms with Crippen LogP contribution in [0.15, 0.2) is 29.4 Å². The SMILES string of the molecule is CC(C)Cn1nnnc1SC(C)C(=O)N1CCc2ccccc21. The smallest absolute Gasteiger partial charge is 0.240 e. The maximum absolute atomic E-state index is 12.8. The third-order valence-corrected chi connectivity index (χ3v) is 4.88. The molecule has 1 aliphatic rings. The molecule has 2 aromatic rings. The Morgan fingerprint density at radius 2 is 2.09 bits per heavy atom. The highest BCUT2D eigenvalue weighted by Crippen LogP contribution is 2.31. The van der Waals surface area contributed by atoms with Crippen LogP contribution in [-0.2, 0) is 17.8 Å². The van der Waals surface area contributed by atoms with E-state index in [2.05, 4.69) is 35.4 Å². The Morgan fingerprint density at radius 3 is 2.87 bits per heavy atom. The van der Waals surface area contributed by atoms with Gasteiger partial charge in [0.25, 0.3) is 0 Å². The number of anilines is 1. The Bertz CT molecular complexity index is 699. The van der Waals surface area contributed by atoms with E-state index in [9.17, 15) is 4.79 Å². The van der Waals surface area contributed by atoms with Gasteiger partial charge in [-0.3, -0.25) is 4.79 Å². The summed E-state index contributed by atoms with van der Waals surface area (Å²) in [5.74, 6) is 0.563. The molecule has 0 spiro atoms. The third kappa shape index (κ3) is 3.39. The summed E-state index contributed by atoms with van der Waals surface area (Å²) in [4.78, 5) is 14.7. The van der Waals surface area contributed by atoms with Gasteiger partial charge in [0.2, 0.25) is 11.1 Å². The van der Waals surface area contributed by atoms with Crippen LogP contribution in [0, 0.1) is 5.92 Å². The number of hydrogen-bond acceptors (Lipinski definition) is 5. The summed E-state index contributed by atoms with van der Waals surface area (Å²) in [6, 6.07) is 8.10. The predicted molar refractivity (Wildman–Crippen MR) is 90.5 cm³/mol. The first kappa shape index (κ1) is 16.0. The third-order valence-electron chi connectivity index (χ3n) is 3.82. The molecule has 122 valence electrons. The van der Waals surface area contributed by atoms with Gasteiger partial charge in [-0.1, -0.05) is 43.8 Å². The van der Waals surface area contributed by atoms with Crippen molar-refractivity contribution < 1.29 is 4.79 Å². The molecule has 0 N–H and O–H groups in total. The van der Waals surface area contributed by atoms with E-state index in [4.69, 9.17) is 0 Å². The van der Waals surface area contributed by atoms with Crippen LogP contribution >= 0.6 is 11.8 Å². The summed E-state index contributed by atoms with van der Waals surface area (Å²) < 4.78 is 1.77. The van der Waals surface area contributed by atoms with Gasteiger partial charge >= 0.3 is 0 Å². The fourth-order valence-electron chi connectivity index (χ4n) is 2.74. The number of carbonyl (C=O) groups excluding carboxylic acids is 1. The number of nitrogens with zero attached hydrogens (tertiary/aromatic N) is 5. The van der Waals surface area contributed by atoms with E-state index in [1.165, 1.54) is 17.3 Å². The summed E-state index contributed by atoms with van der Waals surface area (Å²) in [5, 5.41) is 12.3. The van der Waals surface area contributed by atoms with Crippen molar-refractivity contribution in [1.29, 1.82) is 0 Å². The van der Waals surface area contributed by atoms with Gasteiger partial charge in [0, 0.05) is 18.8 Å². The molecule has 2 heterocycles. The van der Waals surface area contributed by atoms with Crippen molar-refractivity contribution in [3.63, 3.8) is 0 Å². The van der Waals surface area contributed by atoms with Gasteiger partial charge in [-0.2, -0.15) is 0 Å². The fraction of sp³-hybridized carbons (Fsp3) is 0.500. The second-order valence-electron chi connectivity index (χ2n) is 6.17. The molecule has 0 radical (unpaired) electrons. The standard InChI is InChI=1S/C16H21N5OS/c1-11(2)10-21-16(17-18-19-21)23-12(3)15(22)20-9-8-13-6-4-5-7-14(13)20/h4-7,11-12H,8-10H2,1-3H3. The highest BCUT2D eigenvalue weighted by Gasteiger charge is 2.29. The molecule has 0 saturated carbocycles. The van der Waals surface area contributed by atoms with Gasteiger partial charge in [-0.15, -0.1) is 5.10 Å². The lowest BCUT2D eigenvalue weighted by Gasteiger charge is -2.21. The molecule has 1 aliphatic heterocycles. The van der Waals surface area contributed by atoms with Crippen molar-refractivity contribution in [1.82, 2.24) is 20.2 Å². The Labute approximate surface area is 140 Å². The molecule has 6 nitrogen and oxygen atoms in total. The summed E-state index contributed by atoms with van der Waals surface area (Å²) in [6.07, 6.45) is 0.921. The number of fused-ring (bicyclic) bond motifs is 1. The summed E-state index contributed by atoms with van der Waals surface area (Å²) >= 11 is 1.42. The van der Waals surface area contributed by atoms with Crippen LogP contribution in [-0.4, -0.2) is 37.9 Å². The monoisotopic (exact) mass is 331 g/mol. The van der Waals surface area contributed by atoms with Crippen LogP contribution in [0.2, 0.25) is 0 Å². The van der Waals surface area contributed by atoms with E-state index in [-0.39, 0.29) is 11.2 Å². The number of amides is 1. The van der Waals surface area contributed by atoms with Gasteiger partial charge in [-0.25, -0.2) is 4.68 Å². The number of para-hydroxylation sites is 1. The molecule has 0 bridgehead atoms. The molecule has 1 unspecified atom stereocenters. The Balaban J connectivity index is 1.71. The van der Waals surface area contributed by atoms with Crippen LogP contribution in [0.5, 0.6) is 0 Å². The number of carbonyl (C=O) groups is 1. The van der Waals surface area contributed by atoms with E-state index in [1.807, 2.05) is 30.0 Å². The number of tetrazole rings is 1. The molecule has 1 amide bonds. The molecule has 1 aromatic heterocycles. The first-order chi connectivity index (χ1) is 11.1. The van der Waals surface area contributed by atoms with Gasteiger partial charge in [-0.05, 0) is 41.3 Å². The van der Waals surface area contributed by atoms with Crippen LogP contribution in [0.4, 0.5) is 5.69 Å². The largest absolute Gasteiger partial charge is 0.311 e. The van der Waals surface area contributed by atoms with E-state index >= 15 is 0 Å². The Kier molecular flexibility index (Phi) is 4.66. The van der Waals surface area contributed by atoms with Gasteiger partial charge in [0.05, 0.1) is 5.25 Å². The van der Waals surface area contributed by atoms with Crippen LogP contribution in [0.25, 0.3) is 0 Å². The molecular weight excluding hydrogens is 310 g/mol. The molecule has 7 heteroatoms. The molecule has 0 aliphatic carbocycles. The normalized spacial score (nSPS) is 15.0. The second-order valence-corrected chi connectivity index (χ2v) is 7.47. The summed E-state index contributed by atoms with van der Waals surface area (Å²) in [6.45, 7) is 7.66. The van der Waals surface area contributed by atoms with E-state index in [1.54, 1.807) is 4.68 Å². The number of rotatable bonds is 5. The zero-order valence-electron chi connectivity index (χ0n) is 13.6. The van der Waals surface area contributed by atoms with Crippen molar-refractivity contribution in [3.05, 3.63) is 29.8 Å². The number of benzene rings is 1. The van der Waals surface area contributed by atoms with E-state index < -0.39 is 0 Å². The predicted octanol–water partition coefficient (Wildman–Crippen LogP) is 2.40. The lowest BCUT2D eigenvalue weighted by Crippen LogP contribution is -2.35. The van der Waals surface area contributed by atoms with Crippen LogP contribution < -0.4 is 4.90 Å². The average Bonchev–Trinajstić information content (AvgIpc) is 3.13. The van der Waals surface area contributed by atoms with Crippen molar-refractivity contribution >= 4 is 23.4 Å². The highest BCUT2D eigenvalue weighted by atomic mass is 32.2. The first-order valence-corrected chi connectivity index (χ1v) is 8.76. The van der Waals surface area contributed by atoms with Gasteiger partial charge in [0.15, 0.2) is 0 Å². The molecule has 0 fully saturated rings. The molecule has 23 heavy (non-hydrogen) atoms. The number of thioether (sulfide) groups is 1. The maximum atomic E-state index is 12.8. The average molecular weight is 331 g/mol. The van der Waals surface area contributed by atoms with Crippen molar-refractivity contribution in [3.8, 4) is 0 Å². The topological polar surface area (TPSA) is 63.9 Å². The second kappa shape index (κ2) is 6.70. The van der Waals surface area contributed by atoms with E-state index in [0.717, 1.165) is 25.2 Å². The zero-order chi connectivity index (χ0) is 16.4. The Hall–Kier alpha value is -1.89. The highest BCUT2D eigenvalue weighted by molar-refractivity contribution is 8.00. The first-order valence-electron chi connectivity index (χ1n) is 7.88. The van der Waals surface area contributed by atoms with Crippen molar-refractivity contribution in [2.24, 2.45) is 5.92 Å². The van der Waals surface area contributed by atoms with Gasteiger partial charge in [0.1, 0.15) is 0 Å². The molecule has 3 rings (SSSR count). The lowest BCUT2D eigenvalue weighted by molar-refractivity contribution is -0.117. The summed E-state index contributed by atoms with van der Waals surface area (Å²) in [5.41, 5.74) is 2.27. The minimum absolute atomic E-state index is 0.110. The molecule has 1 atom stereocenters. The minimum Gasteiger partial charge on any atom is -0.311 e. The molecule has 0 saturated heterocycles. The van der Waals surface area contributed by atoms with Crippen molar-refractivity contribution in [2.45, 2.75) is 44.1 Å². The minimum atomic E-state index is -0.224. The Morgan fingerprint density at radius 1 is 1.30 bits per heavy atom. The fourth-order valence-corrected chi connectivity index (χ4v) is 3.60. The van der Waals surface area contributed by atoms with Gasteiger partial charge < -0.3 is 4.90 Å².